The van der Waals surface area contributed by atoms with Crippen molar-refractivity contribution >= 4 is 11.6 Å². The number of hydrogen-bond acceptors (Lipinski definition) is 3. The van der Waals surface area contributed by atoms with Crippen LogP contribution in [-0.4, -0.2) is 11.9 Å². The number of nitrogens with one attached hydrogen (secondary N) is 2. The van der Waals surface area contributed by atoms with Gasteiger partial charge in [-0.1, -0.05) is 45.2 Å². The molecule has 0 unspecified atom stereocenters. The van der Waals surface area contributed by atoms with Crippen molar-refractivity contribution in [3.8, 4) is 6.07 Å². The van der Waals surface area contributed by atoms with Crippen molar-refractivity contribution in [3.63, 3.8) is 0 Å². The maximum absolute atomic E-state index is 12.2. The minimum absolute atomic E-state index is 0.114. The highest BCUT2D eigenvalue weighted by atomic mass is 16.1. The average Bonchev–Trinajstić information content (AvgIpc) is 2.56. The van der Waals surface area contributed by atoms with Crippen LogP contribution in [-0.2, 0) is 4.79 Å². The summed E-state index contributed by atoms with van der Waals surface area (Å²) in [5.74, 6) is 0.196. The van der Waals surface area contributed by atoms with E-state index in [0.717, 1.165) is 31.4 Å². The minimum Gasteiger partial charge on any atom is -0.360 e. The Morgan fingerprint density at radius 3 is 2.43 bits per heavy atom. The Kier molecular flexibility index (Phi) is 6.22. The van der Waals surface area contributed by atoms with Crippen molar-refractivity contribution in [1.29, 1.82) is 5.26 Å². The van der Waals surface area contributed by atoms with Gasteiger partial charge in [-0.15, -0.1) is 0 Å². The molecule has 0 heterocycles. The molecule has 1 fully saturated rings. The van der Waals surface area contributed by atoms with E-state index in [-0.39, 0.29) is 17.5 Å². The molecule has 0 aliphatic heterocycles. The second kappa shape index (κ2) is 8.38. The van der Waals surface area contributed by atoms with Crippen molar-refractivity contribution in [1.82, 2.24) is 5.32 Å². The summed E-state index contributed by atoms with van der Waals surface area (Å²) < 4.78 is 0. The topological polar surface area (TPSA) is 64.9 Å². The molecule has 2 N–H and O–H groups in total. The van der Waals surface area contributed by atoms with Crippen LogP contribution in [0.1, 0.15) is 57.4 Å². The number of nitriles is 1. The molecule has 0 atom stereocenters. The van der Waals surface area contributed by atoms with Gasteiger partial charge in [0.2, 0.25) is 0 Å². The van der Waals surface area contributed by atoms with Crippen LogP contribution in [0.15, 0.2) is 36.0 Å². The highest BCUT2D eigenvalue weighted by Gasteiger charge is 2.17. The largest absolute Gasteiger partial charge is 0.360 e. The molecular weight excluding hydrogens is 286 g/mol. The van der Waals surface area contributed by atoms with Crippen LogP contribution in [0.5, 0.6) is 0 Å². The van der Waals surface area contributed by atoms with E-state index >= 15 is 0 Å². The van der Waals surface area contributed by atoms with E-state index in [9.17, 15) is 10.1 Å². The molecule has 0 radical (unpaired) electrons. The average molecular weight is 311 g/mol. The molecule has 4 nitrogen and oxygen atoms in total. The molecule has 1 saturated carbocycles. The Balaban J connectivity index is 1.95. The molecule has 0 aromatic heterocycles. The van der Waals surface area contributed by atoms with Crippen molar-refractivity contribution in [2.24, 2.45) is 0 Å². The van der Waals surface area contributed by atoms with E-state index in [2.05, 4.69) is 36.6 Å². The van der Waals surface area contributed by atoms with Gasteiger partial charge in [-0.05, 0) is 36.5 Å². The van der Waals surface area contributed by atoms with Crippen LogP contribution < -0.4 is 10.6 Å². The van der Waals surface area contributed by atoms with Gasteiger partial charge in [-0.3, -0.25) is 4.79 Å². The fourth-order valence-corrected chi connectivity index (χ4v) is 2.78. The molecule has 0 bridgehead atoms. The summed E-state index contributed by atoms with van der Waals surface area (Å²) >= 11 is 0. The Morgan fingerprint density at radius 2 is 1.87 bits per heavy atom. The molecule has 1 aliphatic carbocycles. The molecule has 2 rings (SSSR count). The lowest BCUT2D eigenvalue weighted by Gasteiger charge is -2.22. The fourth-order valence-electron chi connectivity index (χ4n) is 2.78. The van der Waals surface area contributed by atoms with E-state index < -0.39 is 0 Å². The SMILES string of the molecule is CC(C)c1ccc(N/C=C(/C#N)C(=O)NC2CCCCC2)cc1. The summed E-state index contributed by atoms with van der Waals surface area (Å²) in [6, 6.07) is 10.2. The zero-order valence-corrected chi connectivity index (χ0v) is 13.9. The third-order valence-corrected chi connectivity index (χ3v) is 4.27. The van der Waals surface area contributed by atoms with Crippen LogP contribution in [0.25, 0.3) is 0 Å². The molecule has 1 amide bonds. The van der Waals surface area contributed by atoms with Gasteiger partial charge in [0.1, 0.15) is 11.6 Å². The fraction of sp³-hybridized carbons (Fsp3) is 0.474. The summed E-state index contributed by atoms with van der Waals surface area (Å²) in [5.41, 5.74) is 2.24. The lowest BCUT2D eigenvalue weighted by Crippen LogP contribution is -2.37. The predicted molar refractivity (Wildman–Crippen MR) is 92.9 cm³/mol. The highest BCUT2D eigenvalue weighted by molar-refractivity contribution is 5.97. The lowest BCUT2D eigenvalue weighted by atomic mass is 9.95. The smallest absolute Gasteiger partial charge is 0.263 e. The number of anilines is 1. The third kappa shape index (κ3) is 5.14. The van der Waals surface area contributed by atoms with Crippen LogP contribution in [0.2, 0.25) is 0 Å². The third-order valence-electron chi connectivity index (χ3n) is 4.27. The van der Waals surface area contributed by atoms with Gasteiger partial charge in [0, 0.05) is 17.9 Å². The Labute approximate surface area is 138 Å². The van der Waals surface area contributed by atoms with Crippen molar-refractivity contribution in [2.45, 2.75) is 57.9 Å². The highest BCUT2D eigenvalue weighted by Crippen LogP contribution is 2.18. The van der Waals surface area contributed by atoms with Gasteiger partial charge in [-0.2, -0.15) is 5.26 Å². The molecule has 4 heteroatoms. The Hall–Kier alpha value is -2.28. The summed E-state index contributed by atoms with van der Waals surface area (Å²) in [4.78, 5) is 12.2. The first-order chi connectivity index (χ1) is 11.1. The van der Waals surface area contributed by atoms with E-state index in [4.69, 9.17) is 0 Å². The second-order valence-corrected chi connectivity index (χ2v) is 6.40. The van der Waals surface area contributed by atoms with Gasteiger partial charge in [0.25, 0.3) is 5.91 Å². The molecule has 1 aliphatic rings. The molecule has 1 aromatic carbocycles. The predicted octanol–water partition coefficient (Wildman–Crippen LogP) is 4.08. The summed E-state index contributed by atoms with van der Waals surface area (Å²) in [6.07, 6.45) is 7.04. The molecule has 122 valence electrons. The summed E-state index contributed by atoms with van der Waals surface area (Å²) in [6.45, 7) is 4.29. The van der Waals surface area contributed by atoms with Gasteiger partial charge >= 0.3 is 0 Å². The van der Waals surface area contributed by atoms with Crippen LogP contribution in [0.4, 0.5) is 5.69 Å². The number of benzene rings is 1. The van der Waals surface area contributed by atoms with Crippen LogP contribution in [0.3, 0.4) is 0 Å². The van der Waals surface area contributed by atoms with E-state index in [1.165, 1.54) is 18.2 Å². The second-order valence-electron chi connectivity index (χ2n) is 6.40. The number of carbonyl (C=O) groups is 1. The van der Waals surface area contributed by atoms with Gasteiger partial charge in [0.05, 0.1) is 0 Å². The number of carbonyl (C=O) groups excluding carboxylic acids is 1. The number of hydrogen-bond donors (Lipinski definition) is 2. The Bertz CT molecular complexity index is 590. The normalized spacial score (nSPS) is 16.0. The van der Waals surface area contributed by atoms with Crippen molar-refractivity contribution in [2.75, 3.05) is 5.32 Å². The van der Waals surface area contributed by atoms with E-state index in [1.54, 1.807) is 0 Å². The maximum Gasteiger partial charge on any atom is 0.263 e. The first kappa shape index (κ1) is 17.1. The minimum atomic E-state index is -0.286. The summed E-state index contributed by atoms with van der Waals surface area (Å²) in [7, 11) is 0. The van der Waals surface area contributed by atoms with E-state index in [1.807, 2.05) is 18.2 Å². The quantitative estimate of drug-likeness (QED) is 0.636. The van der Waals surface area contributed by atoms with Crippen LogP contribution in [0, 0.1) is 11.3 Å². The van der Waals surface area contributed by atoms with Crippen molar-refractivity contribution < 1.29 is 4.79 Å². The molecule has 1 aromatic rings. The first-order valence-corrected chi connectivity index (χ1v) is 8.37. The standard InChI is InChI=1S/C19H25N3O/c1-14(2)15-8-10-17(11-9-15)21-13-16(12-20)19(23)22-18-6-4-3-5-7-18/h8-11,13-14,18,21H,3-7H2,1-2H3,(H,22,23)/b16-13-. The molecule has 23 heavy (non-hydrogen) atoms. The number of nitrogens with zero attached hydrogens (tertiary/aromatic N) is 1. The van der Waals surface area contributed by atoms with Crippen molar-refractivity contribution in [3.05, 3.63) is 41.6 Å². The number of amides is 1. The molecular formula is C19H25N3O. The zero-order valence-electron chi connectivity index (χ0n) is 13.9. The van der Waals surface area contributed by atoms with Gasteiger partial charge < -0.3 is 10.6 Å². The van der Waals surface area contributed by atoms with Crippen LogP contribution >= 0.6 is 0 Å². The zero-order chi connectivity index (χ0) is 16.7. The van der Waals surface area contributed by atoms with Gasteiger partial charge in [0.15, 0.2) is 0 Å². The lowest BCUT2D eigenvalue weighted by molar-refractivity contribution is -0.118. The van der Waals surface area contributed by atoms with E-state index in [0.29, 0.717) is 5.92 Å². The maximum atomic E-state index is 12.2. The number of rotatable bonds is 5. The first-order valence-electron chi connectivity index (χ1n) is 8.37. The summed E-state index contributed by atoms with van der Waals surface area (Å²) in [5, 5.41) is 15.2. The Morgan fingerprint density at radius 1 is 1.22 bits per heavy atom. The monoisotopic (exact) mass is 311 g/mol. The molecule has 0 spiro atoms. The molecule has 0 saturated heterocycles. The van der Waals surface area contributed by atoms with Gasteiger partial charge in [-0.25, -0.2) is 0 Å².